The third-order valence-electron chi connectivity index (χ3n) is 6.40. The van der Waals surface area contributed by atoms with Gasteiger partial charge in [0.05, 0.1) is 7.11 Å². The van der Waals surface area contributed by atoms with Crippen molar-refractivity contribution in [2.45, 2.75) is 58.6 Å². The van der Waals surface area contributed by atoms with Gasteiger partial charge in [0.25, 0.3) is 5.91 Å². The van der Waals surface area contributed by atoms with E-state index in [9.17, 15) is 14.4 Å². The minimum absolute atomic E-state index is 0.0959. The number of pyridine rings is 1. The molecule has 1 aliphatic rings. The van der Waals surface area contributed by atoms with E-state index in [0.29, 0.717) is 17.4 Å². The Morgan fingerprint density at radius 2 is 1.89 bits per heavy atom. The molecule has 1 saturated heterocycles. The van der Waals surface area contributed by atoms with Gasteiger partial charge in [0, 0.05) is 24.2 Å². The van der Waals surface area contributed by atoms with Crippen molar-refractivity contribution in [1.29, 1.82) is 0 Å². The number of ether oxygens (including phenoxy) is 3. The maximum Gasteiger partial charge on any atom is 0.328 e. The van der Waals surface area contributed by atoms with Crippen molar-refractivity contribution in [2.75, 3.05) is 7.11 Å². The number of carbonyl (C=O) groups excluding carboxylic acids is 3. The van der Waals surface area contributed by atoms with Crippen molar-refractivity contribution in [2.24, 2.45) is 11.8 Å². The predicted octanol–water partition coefficient (Wildman–Crippen LogP) is 4.38. The first-order chi connectivity index (χ1) is 16.7. The monoisotopic (exact) mass is 502 g/mol. The Morgan fingerprint density at radius 3 is 2.54 bits per heavy atom. The van der Waals surface area contributed by atoms with Gasteiger partial charge in [-0.25, -0.2) is 9.78 Å². The van der Waals surface area contributed by atoms with Crippen LogP contribution < -0.4 is 14.8 Å². The minimum atomic E-state index is -0.857. The molecular weight excluding hydrogens is 472 g/mol. The zero-order valence-electron chi connectivity index (χ0n) is 20.4. The zero-order valence-corrected chi connectivity index (χ0v) is 21.1. The lowest BCUT2D eigenvalue weighted by atomic mass is 9.81. The number of benzene rings is 1. The minimum Gasteiger partial charge on any atom is -0.493 e. The van der Waals surface area contributed by atoms with Gasteiger partial charge >= 0.3 is 11.9 Å². The molecule has 0 spiro atoms. The Kier molecular flexibility index (Phi) is 9.09. The number of aromatic nitrogens is 1. The molecule has 1 aromatic heterocycles. The summed E-state index contributed by atoms with van der Waals surface area (Å²) in [6.07, 6.45) is 3.88. The predicted molar refractivity (Wildman–Crippen MR) is 131 cm³/mol. The summed E-state index contributed by atoms with van der Waals surface area (Å²) in [5.74, 6) is -1.27. The van der Waals surface area contributed by atoms with Crippen LogP contribution in [0.1, 0.15) is 56.1 Å². The summed E-state index contributed by atoms with van der Waals surface area (Å²) in [5.41, 5.74) is 1.03. The molecular formula is C26H31ClN2O6. The lowest BCUT2D eigenvalue weighted by molar-refractivity contribution is -0.153. The number of methoxy groups -OCH3 is 1. The Hall–Kier alpha value is -3.13. The van der Waals surface area contributed by atoms with Gasteiger partial charge in [-0.1, -0.05) is 37.1 Å². The number of hydrogen-bond donors (Lipinski definition) is 1. The highest BCUT2D eigenvalue weighted by Crippen LogP contribution is 2.31. The van der Waals surface area contributed by atoms with E-state index >= 15 is 0 Å². The second kappa shape index (κ2) is 12.0. The molecule has 1 amide bonds. The van der Waals surface area contributed by atoms with Gasteiger partial charge in [-0.05, 0) is 55.7 Å². The van der Waals surface area contributed by atoms with Crippen LogP contribution in [0.15, 0.2) is 36.5 Å². The fraction of sp³-hybridized carbons (Fsp3) is 0.462. The highest BCUT2D eigenvalue weighted by Gasteiger charge is 2.33. The van der Waals surface area contributed by atoms with E-state index in [4.69, 9.17) is 25.8 Å². The van der Waals surface area contributed by atoms with E-state index in [1.807, 2.05) is 31.2 Å². The summed E-state index contributed by atoms with van der Waals surface area (Å²) in [7, 11) is 1.39. The molecule has 2 heterocycles. The van der Waals surface area contributed by atoms with Crippen LogP contribution in [0.5, 0.6) is 11.5 Å². The largest absolute Gasteiger partial charge is 0.493 e. The Balaban J connectivity index is 1.75. The maximum atomic E-state index is 13.1. The normalized spacial score (nSPS) is 22.7. The number of cyclic esters (lactones) is 1. The molecule has 2 aromatic rings. The number of nitrogens with one attached hydrogen (secondary N) is 1. The number of hydrogen-bond acceptors (Lipinski definition) is 7. The van der Waals surface area contributed by atoms with Crippen LogP contribution in [0.4, 0.5) is 0 Å². The fourth-order valence-corrected chi connectivity index (χ4v) is 4.41. The second-order valence-corrected chi connectivity index (χ2v) is 9.27. The summed E-state index contributed by atoms with van der Waals surface area (Å²) in [6.45, 7) is 5.18. The van der Waals surface area contributed by atoms with Crippen molar-refractivity contribution in [3.05, 3.63) is 52.8 Å². The lowest BCUT2D eigenvalue weighted by Gasteiger charge is -2.28. The highest BCUT2D eigenvalue weighted by atomic mass is 35.5. The van der Waals surface area contributed by atoms with Crippen LogP contribution in [0, 0.1) is 11.8 Å². The average molecular weight is 503 g/mol. The summed E-state index contributed by atoms with van der Waals surface area (Å²) in [5, 5.41) is 3.41. The first-order valence-corrected chi connectivity index (χ1v) is 12.0. The fourth-order valence-electron chi connectivity index (χ4n) is 4.29. The van der Waals surface area contributed by atoms with E-state index in [2.05, 4.69) is 17.2 Å². The Bertz CT molecular complexity index is 1060. The third kappa shape index (κ3) is 6.94. The SMILES string of the molecule is COc1ccnc(C(=O)N[C@H]2CCC[C@H](Cc3ccc(Cl)cc3)[C@@H](C)[C@H](C)OC2=O)c1OC(C)=O. The standard InChI is InChI=1S/C26H31ClN2O6/c1-15-16(2)34-26(32)21(7-5-6-19(15)14-18-8-10-20(27)11-9-18)29-25(31)23-24(35-17(3)30)22(33-4)12-13-28-23/h8-13,15-16,19,21H,5-7,14H2,1-4H3,(H,29,31)/t15-,16-,19+,21-/m0/s1. The topological polar surface area (TPSA) is 104 Å². The molecule has 1 fully saturated rings. The first-order valence-electron chi connectivity index (χ1n) is 11.7. The molecule has 3 rings (SSSR count). The van der Waals surface area contributed by atoms with Crippen LogP contribution >= 0.6 is 11.6 Å². The number of nitrogens with zero attached hydrogens (tertiary/aromatic N) is 1. The van der Waals surface area contributed by atoms with Gasteiger partial charge in [0.1, 0.15) is 12.1 Å². The van der Waals surface area contributed by atoms with Gasteiger partial charge in [-0.15, -0.1) is 0 Å². The molecule has 1 aromatic carbocycles. The van der Waals surface area contributed by atoms with Crippen LogP contribution in [-0.4, -0.2) is 42.1 Å². The molecule has 188 valence electrons. The van der Waals surface area contributed by atoms with E-state index in [-0.39, 0.29) is 29.2 Å². The number of carbonyl (C=O) groups is 3. The summed E-state index contributed by atoms with van der Waals surface area (Å²) in [4.78, 5) is 41.6. The van der Waals surface area contributed by atoms with Crippen molar-refractivity contribution in [3.8, 4) is 11.5 Å². The van der Waals surface area contributed by atoms with Crippen molar-refractivity contribution in [3.63, 3.8) is 0 Å². The number of esters is 2. The number of halogens is 1. The lowest BCUT2D eigenvalue weighted by Crippen LogP contribution is -2.43. The molecule has 0 bridgehead atoms. The van der Waals surface area contributed by atoms with Crippen LogP contribution in [0.3, 0.4) is 0 Å². The van der Waals surface area contributed by atoms with E-state index in [1.165, 1.54) is 31.9 Å². The molecule has 1 N–H and O–H groups in total. The Labute approximate surface area is 210 Å². The van der Waals surface area contributed by atoms with Crippen LogP contribution in [-0.2, 0) is 20.7 Å². The van der Waals surface area contributed by atoms with E-state index < -0.39 is 23.9 Å². The zero-order chi connectivity index (χ0) is 25.5. The number of amides is 1. The van der Waals surface area contributed by atoms with Crippen LogP contribution in [0.2, 0.25) is 5.02 Å². The summed E-state index contributed by atoms with van der Waals surface area (Å²) < 4.78 is 16.1. The van der Waals surface area contributed by atoms with Gasteiger partial charge in [0.15, 0.2) is 11.4 Å². The quantitative estimate of drug-likeness (QED) is 0.584. The molecule has 35 heavy (non-hydrogen) atoms. The van der Waals surface area contributed by atoms with E-state index in [0.717, 1.165) is 19.3 Å². The second-order valence-electron chi connectivity index (χ2n) is 8.83. The molecule has 1 aliphatic heterocycles. The van der Waals surface area contributed by atoms with Crippen molar-refractivity contribution in [1.82, 2.24) is 10.3 Å². The molecule has 0 unspecified atom stereocenters. The van der Waals surface area contributed by atoms with E-state index in [1.54, 1.807) is 0 Å². The third-order valence-corrected chi connectivity index (χ3v) is 6.66. The Morgan fingerprint density at radius 1 is 1.17 bits per heavy atom. The van der Waals surface area contributed by atoms with Crippen LogP contribution in [0.25, 0.3) is 0 Å². The van der Waals surface area contributed by atoms with Gasteiger partial charge < -0.3 is 19.5 Å². The van der Waals surface area contributed by atoms with Crippen molar-refractivity contribution < 1.29 is 28.6 Å². The molecule has 0 radical (unpaired) electrons. The van der Waals surface area contributed by atoms with Crippen molar-refractivity contribution >= 4 is 29.4 Å². The summed E-state index contributed by atoms with van der Waals surface area (Å²) in [6, 6.07) is 8.41. The maximum absolute atomic E-state index is 13.1. The first kappa shape index (κ1) is 26.5. The summed E-state index contributed by atoms with van der Waals surface area (Å²) >= 11 is 6.02. The van der Waals surface area contributed by atoms with Gasteiger partial charge in [-0.2, -0.15) is 0 Å². The smallest absolute Gasteiger partial charge is 0.328 e. The average Bonchev–Trinajstić information content (AvgIpc) is 2.86. The number of rotatable bonds is 6. The molecule has 9 heteroatoms. The van der Waals surface area contributed by atoms with Gasteiger partial charge in [-0.3, -0.25) is 9.59 Å². The molecule has 0 saturated carbocycles. The molecule has 4 atom stereocenters. The van der Waals surface area contributed by atoms with Gasteiger partial charge in [0.2, 0.25) is 5.75 Å². The highest BCUT2D eigenvalue weighted by molar-refractivity contribution is 6.30. The molecule has 8 nitrogen and oxygen atoms in total. The molecule has 0 aliphatic carbocycles.